The lowest BCUT2D eigenvalue weighted by Gasteiger charge is -2.29. The minimum atomic E-state index is -4.55. The summed E-state index contributed by atoms with van der Waals surface area (Å²) in [5, 5.41) is 33.2. The van der Waals surface area contributed by atoms with E-state index in [0.29, 0.717) is 31.3 Å². The first-order valence-electron chi connectivity index (χ1n) is 9.71. The molecular formula is C20H23F3N4O4. The fraction of sp³-hybridized carbons (Fsp3) is 0.450. The summed E-state index contributed by atoms with van der Waals surface area (Å²) in [5.41, 5.74) is -0.253. The number of aromatic nitrogens is 2. The molecule has 2 aromatic rings. The van der Waals surface area contributed by atoms with E-state index >= 15 is 0 Å². The molecule has 0 spiro atoms. The Labute approximate surface area is 176 Å². The summed E-state index contributed by atoms with van der Waals surface area (Å²) in [4.78, 5) is 11.8. The molecule has 168 valence electrons. The number of nitrogens with zero attached hydrogens (tertiary/aromatic N) is 2. The first-order valence-corrected chi connectivity index (χ1v) is 9.71. The van der Waals surface area contributed by atoms with Crippen LogP contribution in [0.3, 0.4) is 0 Å². The van der Waals surface area contributed by atoms with Crippen LogP contribution in [0.25, 0.3) is 11.3 Å². The first kappa shape index (κ1) is 22.8. The molecule has 1 aliphatic heterocycles. The van der Waals surface area contributed by atoms with Crippen molar-refractivity contribution in [3.05, 3.63) is 35.4 Å². The lowest BCUT2D eigenvalue weighted by molar-refractivity contribution is -0.147. The number of ether oxygens (including phenoxy) is 1. The van der Waals surface area contributed by atoms with Gasteiger partial charge >= 0.3 is 12.1 Å². The highest BCUT2D eigenvalue weighted by molar-refractivity contribution is 5.76. The Kier molecular flexibility index (Phi) is 6.96. The summed E-state index contributed by atoms with van der Waals surface area (Å²) in [6.07, 6.45) is -3.33. The van der Waals surface area contributed by atoms with Crippen molar-refractivity contribution >= 4 is 11.8 Å². The normalized spacial score (nSPS) is 19.1. The van der Waals surface area contributed by atoms with Crippen LogP contribution in [-0.4, -0.2) is 58.2 Å². The fourth-order valence-corrected chi connectivity index (χ4v) is 3.44. The van der Waals surface area contributed by atoms with E-state index in [2.05, 4.69) is 20.8 Å². The highest BCUT2D eigenvalue weighted by Gasteiger charge is 2.32. The number of rotatable bonds is 6. The van der Waals surface area contributed by atoms with Gasteiger partial charge in [-0.15, -0.1) is 10.2 Å². The number of carbonyl (C=O) groups excluding carboxylic acids is 1. The molecule has 1 fully saturated rings. The van der Waals surface area contributed by atoms with Crippen LogP contribution < -0.4 is 10.6 Å². The summed E-state index contributed by atoms with van der Waals surface area (Å²) in [7, 11) is 0. The van der Waals surface area contributed by atoms with Gasteiger partial charge in [-0.05, 0) is 49.6 Å². The molecular weight excluding hydrogens is 417 g/mol. The molecule has 1 aromatic carbocycles. The number of hydrogen-bond donors (Lipinski definition) is 4. The molecule has 31 heavy (non-hydrogen) atoms. The Morgan fingerprint density at radius 1 is 1.29 bits per heavy atom. The van der Waals surface area contributed by atoms with Gasteiger partial charge in [-0.25, -0.2) is 0 Å². The lowest BCUT2D eigenvalue weighted by atomic mass is 10.00. The highest BCUT2D eigenvalue weighted by Crippen LogP contribution is 2.38. The summed E-state index contributed by atoms with van der Waals surface area (Å²) in [5.74, 6) is -0.456. The number of piperidine rings is 1. The monoisotopic (exact) mass is 440 g/mol. The lowest BCUT2D eigenvalue weighted by Crippen LogP contribution is -2.49. The number of halogens is 3. The van der Waals surface area contributed by atoms with E-state index in [-0.39, 0.29) is 36.1 Å². The van der Waals surface area contributed by atoms with E-state index in [4.69, 9.17) is 9.84 Å². The van der Waals surface area contributed by atoms with Gasteiger partial charge in [0.25, 0.3) is 0 Å². The van der Waals surface area contributed by atoms with Crippen molar-refractivity contribution in [1.29, 1.82) is 0 Å². The van der Waals surface area contributed by atoms with Gasteiger partial charge in [-0.3, -0.25) is 4.79 Å². The van der Waals surface area contributed by atoms with Crippen molar-refractivity contribution in [3.63, 3.8) is 0 Å². The van der Waals surface area contributed by atoms with Gasteiger partial charge in [0.15, 0.2) is 0 Å². The maximum Gasteiger partial charge on any atom is 0.416 e. The quantitative estimate of drug-likeness (QED) is 0.506. The second-order valence-corrected chi connectivity index (χ2v) is 7.26. The van der Waals surface area contributed by atoms with Gasteiger partial charge in [0, 0.05) is 18.2 Å². The summed E-state index contributed by atoms with van der Waals surface area (Å²) < 4.78 is 43.6. The summed E-state index contributed by atoms with van der Waals surface area (Å²) in [6, 6.07) is 4.38. The number of aliphatic hydroxyl groups is 1. The van der Waals surface area contributed by atoms with Crippen molar-refractivity contribution in [2.45, 2.75) is 38.0 Å². The largest absolute Gasteiger partial charge is 0.507 e. The number of aromatic hydroxyl groups is 1. The van der Waals surface area contributed by atoms with E-state index in [1.165, 1.54) is 6.92 Å². The molecule has 1 aromatic heterocycles. The fourth-order valence-electron chi connectivity index (χ4n) is 3.44. The number of carbonyl (C=O) groups is 1. The molecule has 0 bridgehead atoms. The number of esters is 1. The Balaban J connectivity index is 1.62. The Morgan fingerprint density at radius 3 is 2.61 bits per heavy atom. The van der Waals surface area contributed by atoms with Gasteiger partial charge in [0.05, 0.1) is 17.9 Å². The van der Waals surface area contributed by atoms with Crippen LogP contribution in [0, 0.1) is 6.92 Å². The molecule has 11 heteroatoms. The molecule has 0 radical (unpaired) electrons. The highest BCUT2D eigenvalue weighted by atomic mass is 19.4. The van der Waals surface area contributed by atoms with Crippen LogP contribution in [-0.2, 0) is 15.7 Å². The molecule has 8 nitrogen and oxygen atoms in total. The molecule has 4 N–H and O–H groups in total. The van der Waals surface area contributed by atoms with E-state index in [1.807, 2.05) is 0 Å². The average Bonchev–Trinajstić information content (AvgIpc) is 2.72. The Hall–Kier alpha value is -2.92. The van der Waals surface area contributed by atoms with Crippen molar-refractivity contribution in [3.8, 4) is 17.0 Å². The zero-order chi connectivity index (χ0) is 22.6. The SMILES string of the molecule is Cc1cc(C(F)(F)F)cc(O)c1-c1ccc(N[C@@H]2CC[C@@H](C(=O)OCCO)NC2)nn1. The minimum Gasteiger partial charge on any atom is -0.507 e. The van der Waals surface area contributed by atoms with Crippen LogP contribution in [0.1, 0.15) is 24.0 Å². The number of phenols is 1. The number of nitrogens with one attached hydrogen (secondary N) is 2. The Morgan fingerprint density at radius 2 is 2.06 bits per heavy atom. The molecule has 1 aliphatic rings. The number of aryl methyl sites for hydroxylation is 1. The second kappa shape index (κ2) is 9.48. The van der Waals surface area contributed by atoms with E-state index < -0.39 is 29.5 Å². The first-order chi connectivity index (χ1) is 14.7. The molecule has 2 heterocycles. The van der Waals surface area contributed by atoms with Crippen LogP contribution in [0.15, 0.2) is 24.3 Å². The predicted octanol–water partition coefficient (Wildman–Crippen LogP) is 2.24. The van der Waals surface area contributed by atoms with Crippen molar-refractivity contribution in [1.82, 2.24) is 15.5 Å². The number of aliphatic hydroxyl groups excluding tert-OH is 1. The van der Waals surface area contributed by atoms with Crippen LogP contribution in [0.5, 0.6) is 5.75 Å². The van der Waals surface area contributed by atoms with Gasteiger partial charge in [0.2, 0.25) is 0 Å². The molecule has 0 aliphatic carbocycles. The summed E-state index contributed by atoms with van der Waals surface area (Å²) >= 11 is 0. The molecule has 1 saturated heterocycles. The van der Waals surface area contributed by atoms with Crippen LogP contribution in [0.4, 0.5) is 19.0 Å². The average molecular weight is 440 g/mol. The number of alkyl halides is 3. The van der Waals surface area contributed by atoms with Crippen LogP contribution >= 0.6 is 0 Å². The second-order valence-electron chi connectivity index (χ2n) is 7.26. The van der Waals surface area contributed by atoms with Gasteiger partial charge in [-0.2, -0.15) is 13.2 Å². The summed E-state index contributed by atoms with van der Waals surface area (Å²) in [6.45, 7) is 1.70. The van der Waals surface area contributed by atoms with Gasteiger partial charge < -0.3 is 25.6 Å². The van der Waals surface area contributed by atoms with Crippen molar-refractivity contribution in [2.75, 3.05) is 25.1 Å². The van der Waals surface area contributed by atoms with Gasteiger partial charge in [0.1, 0.15) is 24.2 Å². The third-order valence-electron chi connectivity index (χ3n) is 4.95. The third kappa shape index (κ3) is 5.61. The third-order valence-corrected chi connectivity index (χ3v) is 4.95. The van der Waals surface area contributed by atoms with Crippen molar-refractivity contribution < 1.29 is 32.9 Å². The molecule has 0 unspecified atom stereocenters. The maximum absolute atomic E-state index is 12.9. The molecule has 0 saturated carbocycles. The Bertz CT molecular complexity index is 891. The number of benzene rings is 1. The van der Waals surface area contributed by atoms with Crippen molar-refractivity contribution in [2.24, 2.45) is 0 Å². The standard InChI is InChI=1S/C20H23F3N4O4/c1-11-8-12(20(21,22)23)9-16(29)18(11)14-4-5-17(27-26-14)25-13-2-3-15(24-10-13)19(30)31-7-6-28/h4-5,8-9,13,15,24,28-29H,2-3,6-7,10H2,1H3,(H,25,27)/t13-,15+/m1/s1. The molecule has 2 atom stereocenters. The molecule has 3 rings (SSSR count). The number of hydrogen-bond acceptors (Lipinski definition) is 8. The number of phenolic OH excluding ortho intramolecular Hbond substituents is 1. The van der Waals surface area contributed by atoms with Gasteiger partial charge in [-0.1, -0.05) is 0 Å². The van der Waals surface area contributed by atoms with E-state index in [9.17, 15) is 23.1 Å². The van der Waals surface area contributed by atoms with Crippen LogP contribution in [0.2, 0.25) is 0 Å². The predicted molar refractivity (Wildman–Crippen MR) is 105 cm³/mol. The minimum absolute atomic E-state index is 0.0109. The maximum atomic E-state index is 12.9. The van der Waals surface area contributed by atoms with E-state index in [0.717, 1.165) is 6.07 Å². The number of anilines is 1. The zero-order valence-corrected chi connectivity index (χ0v) is 16.7. The topological polar surface area (TPSA) is 117 Å². The van der Waals surface area contributed by atoms with E-state index in [1.54, 1.807) is 12.1 Å². The zero-order valence-electron chi connectivity index (χ0n) is 16.7. The smallest absolute Gasteiger partial charge is 0.416 e. The molecule has 0 amide bonds.